The van der Waals surface area contributed by atoms with Gasteiger partial charge in [0.2, 0.25) is 17.4 Å². The van der Waals surface area contributed by atoms with Crippen LogP contribution in [0.5, 0.6) is 0 Å². The predicted octanol–water partition coefficient (Wildman–Crippen LogP) is 0.526. The molecule has 0 spiro atoms. The summed E-state index contributed by atoms with van der Waals surface area (Å²) in [6.07, 6.45) is 0.280. The van der Waals surface area contributed by atoms with Crippen molar-refractivity contribution < 1.29 is 22.1 Å². The number of carbonyl (C=O) groups excluding carboxylic acids is 1. The molecular weight excluding hydrogens is 362 g/mol. The third kappa shape index (κ3) is 3.55. The molecule has 1 aliphatic heterocycles. The summed E-state index contributed by atoms with van der Waals surface area (Å²) < 4.78 is 32.3. The van der Waals surface area contributed by atoms with Gasteiger partial charge in [-0.1, -0.05) is 37.1 Å². The SMILES string of the molecule is [B]C1(c2ccc(Cl)cc2)OC(N)=C(OS(=O)(=O)C([B])([B])CCC)C1=O. The van der Waals surface area contributed by atoms with Crippen molar-refractivity contribution in [3.63, 3.8) is 0 Å². The van der Waals surface area contributed by atoms with E-state index < -0.39 is 37.6 Å². The van der Waals surface area contributed by atoms with Gasteiger partial charge in [-0.3, -0.25) is 4.79 Å². The number of halogens is 1. The molecule has 1 unspecified atom stereocenters. The van der Waals surface area contributed by atoms with Crippen LogP contribution in [-0.4, -0.2) is 42.3 Å². The van der Waals surface area contributed by atoms with Crippen molar-refractivity contribution in [3.8, 4) is 0 Å². The Labute approximate surface area is 155 Å². The number of ether oxygens (including phenoxy) is 1. The summed E-state index contributed by atoms with van der Waals surface area (Å²) in [6, 6.07) is 5.86. The molecule has 1 aromatic carbocycles. The lowest BCUT2D eigenvalue weighted by atomic mass is 9.67. The lowest BCUT2D eigenvalue weighted by Gasteiger charge is -2.25. The third-order valence-electron chi connectivity index (χ3n) is 3.61. The first-order valence-electron chi connectivity index (χ1n) is 7.25. The fourth-order valence-corrected chi connectivity index (χ4v) is 3.33. The number of Topliss-reactive ketones (excluding diaryl/α,β-unsaturated/α-hetero) is 1. The van der Waals surface area contributed by atoms with Crippen LogP contribution in [0, 0.1) is 0 Å². The molecule has 0 aliphatic carbocycles. The molecule has 11 heteroatoms. The third-order valence-corrected chi connectivity index (χ3v) is 5.38. The number of hydrogen-bond acceptors (Lipinski definition) is 6. The van der Waals surface area contributed by atoms with Crippen molar-refractivity contribution in [3.05, 3.63) is 46.5 Å². The highest BCUT2D eigenvalue weighted by Crippen LogP contribution is 2.37. The molecule has 1 aromatic rings. The van der Waals surface area contributed by atoms with E-state index in [2.05, 4.69) is 0 Å². The summed E-state index contributed by atoms with van der Waals surface area (Å²) in [7, 11) is 12.5. The molecule has 0 saturated heterocycles. The van der Waals surface area contributed by atoms with Gasteiger partial charge in [-0.2, -0.15) is 8.42 Å². The lowest BCUT2D eigenvalue weighted by Crippen LogP contribution is -2.42. The van der Waals surface area contributed by atoms with E-state index in [9.17, 15) is 13.2 Å². The van der Waals surface area contributed by atoms with Gasteiger partial charge in [-0.25, -0.2) is 0 Å². The highest BCUT2D eigenvalue weighted by Gasteiger charge is 2.50. The van der Waals surface area contributed by atoms with Crippen LogP contribution in [0.15, 0.2) is 35.9 Å². The van der Waals surface area contributed by atoms with E-state index >= 15 is 0 Å². The van der Waals surface area contributed by atoms with Gasteiger partial charge < -0.3 is 14.7 Å². The zero-order chi connectivity index (χ0) is 19.0. The average Bonchev–Trinajstić information content (AvgIpc) is 2.72. The molecule has 2 rings (SSSR count). The van der Waals surface area contributed by atoms with E-state index in [0.29, 0.717) is 11.4 Å². The molecule has 0 amide bonds. The van der Waals surface area contributed by atoms with Crippen LogP contribution in [0.4, 0.5) is 0 Å². The molecule has 0 saturated carbocycles. The van der Waals surface area contributed by atoms with Gasteiger partial charge in [0, 0.05) is 9.57 Å². The normalized spacial score (nSPS) is 21.3. The monoisotopic (exact) mass is 375 g/mol. The minimum atomic E-state index is -4.57. The number of carbonyl (C=O) groups is 1. The van der Waals surface area contributed by atoms with Gasteiger partial charge in [0.1, 0.15) is 7.85 Å². The van der Waals surface area contributed by atoms with E-state index in [1.165, 1.54) is 24.3 Å². The number of ketones is 1. The summed E-state index contributed by atoms with van der Waals surface area (Å²) in [4.78, 5) is 12.6. The summed E-state index contributed by atoms with van der Waals surface area (Å²) in [5, 5.41) is 0.411. The number of benzene rings is 1. The van der Waals surface area contributed by atoms with Crippen LogP contribution in [0.2, 0.25) is 5.02 Å². The second-order valence-corrected chi connectivity index (χ2v) is 7.88. The van der Waals surface area contributed by atoms with Gasteiger partial charge in [0.25, 0.3) is 10.1 Å². The van der Waals surface area contributed by atoms with Gasteiger partial charge >= 0.3 is 0 Å². The van der Waals surface area contributed by atoms with E-state index in [4.69, 9.17) is 49.8 Å². The van der Waals surface area contributed by atoms with Gasteiger partial charge in [-0.15, -0.1) is 0 Å². The van der Waals surface area contributed by atoms with Crippen molar-refractivity contribution in [2.24, 2.45) is 5.73 Å². The highest BCUT2D eigenvalue weighted by molar-refractivity contribution is 7.91. The minimum absolute atomic E-state index is 0.0947. The summed E-state index contributed by atoms with van der Waals surface area (Å²) in [6.45, 7) is 1.69. The number of hydrogen-bond donors (Lipinski definition) is 1. The van der Waals surface area contributed by atoms with Crippen LogP contribution in [0.25, 0.3) is 0 Å². The maximum Gasteiger partial charge on any atom is 0.298 e. The average molecular weight is 375 g/mol. The first-order valence-corrected chi connectivity index (χ1v) is 9.03. The Morgan fingerprint density at radius 2 is 1.88 bits per heavy atom. The van der Waals surface area contributed by atoms with Crippen molar-refractivity contribution in [2.45, 2.75) is 29.8 Å². The van der Waals surface area contributed by atoms with Crippen LogP contribution in [0.1, 0.15) is 25.3 Å². The van der Waals surface area contributed by atoms with E-state index in [1.54, 1.807) is 6.92 Å². The summed E-state index contributed by atoms with van der Waals surface area (Å²) in [5.74, 6) is -2.34. The van der Waals surface area contributed by atoms with Crippen molar-refractivity contribution in [2.75, 3.05) is 0 Å². The van der Waals surface area contributed by atoms with Crippen molar-refractivity contribution >= 4 is 51.0 Å². The maximum atomic E-state index is 12.6. The Morgan fingerprint density at radius 1 is 1.32 bits per heavy atom. The van der Waals surface area contributed by atoms with Crippen molar-refractivity contribution in [1.29, 1.82) is 0 Å². The van der Waals surface area contributed by atoms with Gasteiger partial charge in [-0.05, 0) is 24.1 Å². The van der Waals surface area contributed by atoms with Crippen LogP contribution in [-0.2, 0) is 29.3 Å². The zero-order valence-corrected chi connectivity index (χ0v) is 14.9. The Balaban J connectivity index is 2.34. The van der Waals surface area contributed by atoms with E-state index in [1.807, 2.05) is 0 Å². The Hall–Kier alpha value is -1.54. The fourth-order valence-electron chi connectivity index (χ4n) is 2.22. The Bertz CT molecular complexity index is 825. The fraction of sp³-hybridized carbons (Fsp3) is 0.357. The molecule has 2 N–H and O–H groups in total. The molecule has 1 heterocycles. The summed E-state index contributed by atoms with van der Waals surface area (Å²) in [5.41, 5.74) is 3.76. The minimum Gasteiger partial charge on any atom is -0.467 e. The largest absolute Gasteiger partial charge is 0.467 e. The molecule has 126 valence electrons. The van der Waals surface area contributed by atoms with Crippen LogP contribution in [0.3, 0.4) is 0 Å². The lowest BCUT2D eigenvalue weighted by molar-refractivity contribution is -0.126. The smallest absolute Gasteiger partial charge is 0.298 e. The molecule has 6 radical (unpaired) electrons. The molecule has 25 heavy (non-hydrogen) atoms. The molecule has 0 fully saturated rings. The quantitative estimate of drug-likeness (QED) is 0.576. The predicted molar refractivity (Wildman–Crippen MR) is 95.3 cm³/mol. The first kappa shape index (κ1) is 19.8. The standard InChI is InChI=1S/C14H13B3ClNO5S/c1-2-7-13(15,16)25(21,22)24-10-11(20)14(17,23-12(10)19)8-3-5-9(18)6-4-8/h3-6H,2,7,19H2,1H3. The van der Waals surface area contributed by atoms with Gasteiger partial charge in [0.05, 0.1) is 15.7 Å². The van der Waals surface area contributed by atoms with Crippen LogP contribution >= 0.6 is 11.6 Å². The first-order chi connectivity index (χ1) is 11.4. The van der Waals surface area contributed by atoms with Crippen LogP contribution < -0.4 is 5.73 Å². The molecule has 6 nitrogen and oxygen atoms in total. The molecule has 1 atom stereocenters. The molecule has 0 bridgehead atoms. The number of rotatable bonds is 6. The molecule has 0 aromatic heterocycles. The molecule has 1 aliphatic rings. The summed E-state index contributed by atoms with van der Waals surface area (Å²) >= 11 is 5.79. The second kappa shape index (κ2) is 6.65. The topological polar surface area (TPSA) is 95.7 Å². The number of nitrogens with two attached hydrogens (primary N) is 1. The molecular formula is C14H13B3ClNO5S. The second-order valence-electron chi connectivity index (χ2n) is 5.61. The highest BCUT2D eigenvalue weighted by atomic mass is 35.5. The Kier molecular flexibility index (Phi) is 5.26. The van der Waals surface area contributed by atoms with E-state index in [-0.39, 0.29) is 12.0 Å². The van der Waals surface area contributed by atoms with E-state index in [0.717, 1.165) is 0 Å². The maximum absolute atomic E-state index is 12.6. The zero-order valence-electron chi connectivity index (χ0n) is 13.4. The Morgan fingerprint density at radius 3 is 2.40 bits per heavy atom. The van der Waals surface area contributed by atoms with Crippen molar-refractivity contribution in [1.82, 2.24) is 0 Å². The van der Waals surface area contributed by atoms with Gasteiger partial charge in [0.15, 0.2) is 5.50 Å².